The molecule has 4 heterocycles. The van der Waals surface area contributed by atoms with Crippen molar-refractivity contribution < 1.29 is 4.79 Å². The molecule has 0 unspecified atom stereocenters. The van der Waals surface area contributed by atoms with Crippen molar-refractivity contribution >= 4 is 5.91 Å². The largest absolute Gasteiger partial charge is 0.330 e. The number of aromatic nitrogens is 5. The molecule has 7 heteroatoms. The lowest BCUT2D eigenvalue weighted by atomic mass is 10.1. The molecule has 1 aliphatic rings. The fraction of sp³-hybridized carbons (Fsp3) is 0.333. The molecule has 0 aliphatic carbocycles. The summed E-state index contributed by atoms with van der Waals surface area (Å²) in [6, 6.07) is 3.78. The molecule has 3 aromatic rings. The number of carbonyl (C=O) groups excluding carboxylic acids is 1. The van der Waals surface area contributed by atoms with Crippen molar-refractivity contribution in [3.8, 4) is 5.69 Å². The SMILES string of the molecule is Cc1nccn1-c1ccnc(C(=O)N2CCC[C@@H]2c2cnn(C)c2)c1. The monoisotopic (exact) mass is 336 g/mol. The van der Waals surface area contributed by atoms with Gasteiger partial charge in [-0.25, -0.2) is 4.98 Å². The van der Waals surface area contributed by atoms with Crippen LogP contribution in [0, 0.1) is 6.92 Å². The van der Waals surface area contributed by atoms with Crippen molar-refractivity contribution in [1.29, 1.82) is 0 Å². The van der Waals surface area contributed by atoms with E-state index in [0.29, 0.717) is 5.69 Å². The van der Waals surface area contributed by atoms with Gasteiger partial charge in [-0.15, -0.1) is 0 Å². The van der Waals surface area contributed by atoms with Crippen molar-refractivity contribution in [3.05, 3.63) is 60.2 Å². The number of hydrogen-bond acceptors (Lipinski definition) is 4. The Hall–Kier alpha value is -2.96. The van der Waals surface area contributed by atoms with Gasteiger partial charge >= 0.3 is 0 Å². The Labute approximate surface area is 145 Å². The predicted octanol–water partition coefficient (Wildman–Crippen LogP) is 2.29. The average molecular weight is 336 g/mol. The molecule has 1 amide bonds. The van der Waals surface area contributed by atoms with Crippen LogP contribution in [-0.2, 0) is 7.05 Å². The standard InChI is InChI=1S/C18H20N6O/c1-13-19-7-9-23(13)15-5-6-20-16(10-15)18(25)24-8-3-4-17(24)14-11-21-22(2)12-14/h5-7,9-12,17H,3-4,8H2,1-2H3/t17-/m1/s1. The van der Waals surface area contributed by atoms with Gasteiger partial charge in [0, 0.05) is 43.9 Å². The number of amides is 1. The summed E-state index contributed by atoms with van der Waals surface area (Å²) in [6.07, 6.45) is 11.1. The number of carbonyl (C=O) groups is 1. The molecule has 0 aromatic carbocycles. The third-order valence-corrected chi connectivity index (χ3v) is 4.69. The summed E-state index contributed by atoms with van der Waals surface area (Å²) < 4.78 is 3.72. The molecule has 25 heavy (non-hydrogen) atoms. The molecule has 0 radical (unpaired) electrons. The van der Waals surface area contributed by atoms with E-state index in [4.69, 9.17) is 0 Å². The molecule has 128 valence electrons. The number of imidazole rings is 1. The highest BCUT2D eigenvalue weighted by Gasteiger charge is 2.32. The second-order valence-corrected chi connectivity index (χ2v) is 6.35. The van der Waals surface area contributed by atoms with Gasteiger partial charge in [0.2, 0.25) is 0 Å². The minimum Gasteiger partial charge on any atom is -0.330 e. The van der Waals surface area contributed by atoms with Crippen molar-refractivity contribution in [3.63, 3.8) is 0 Å². The highest BCUT2D eigenvalue weighted by atomic mass is 16.2. The number of pyridine rings is 1. The molecule has 1 atom stereocenters. The van der Waals surface area contributed by atoms with Gasteiger partial charge in [-0.2, -0.15) is 5.10 Å². The quantitative estimate of drug-likeness (QED) is 0.736. The van der Waals surface area contributed by atoms with Crippen LogP contribution in [0.1, 0.15) is 40.8 Å². The van der Waals surface area contributed by atoms with Gasteiger partial charge in [-0.3, -0.25) is 14.5 Å². The third kappa shape index (κ3) is 2.82. The smallest absolute Gasteiger partial charge is 0.273 e. The molecule has 3 aromatic heterocycles. The molecule has 1 saturated heterocycles. The lowest BCUT2D eigenvalue weighted by Gasteiger charge is -2.23. The minimum atomic E-state index is -0.0361. The summed E-state index contributed by atoms with van der Waals surface area (Å²) in [6.45, 7) is 2.68. The van der Waals surface area contributed by atoms with E-state index in [1.54, 1.807) is 17.1 Å². The van der Waals surface area contributed by atoms with Crippen molar-refractivity contribution in [2.24, 2.45) is 7.05 Å². The zero-order valence-electron chi connectivity index (χ0n) is 14.3. The Kier molecular flexibility index (Phi) is 3.83. The Morgan fingerprint density at radius 2 is 2.16 bits per heavy atom. The van der Waals surface area contributed by atoms with Crippen LogP contribution in [-0.4, -0.2) is 41.7 Å². The maximum absolute atomic E-state index is 13.1. The Bertz CT molecular complexity index is 912. The first-order chi connectivity index (χ1) is 12.1. The molecular formula is C18H20N6O. The Morgan fingerprint density at radius 1 is 1.28 bits per heavy atom. The van der Waals surface area contributed by atoms with E-state index in [2.05, 4.69) is 15.1 Å². The number of nitrogens with zero attached hydrogens (tertiary/aromatic N) is 6. The first-order valence-electron chi connectivity index (χ1n) is 8.39. The average Bonchev–Trinajstić information content (AvgIpc) is 3.34. The van der Waals surface area contributed by atoms with Gasteiger partial charge < -0.3 is 9.47 Å². The number of rotatable bonds is 3. The molecule has 7 nitrogen and oxygen atoms in total. The van der Waals surface area contributed by atoms with E-state index in [0.717, 1.165) is 36.5 Å². The topological polar surface area (TPSA) is 68.8 Å². The van der Waals surface area contributed by atoms with E-state index >= 15 is 0 Å². The Morgan fingerprint density at radius 3 is 2.88 bits per heavy atom. The van der Waals surface area contributed by atoms with E-state index in [-0.39, 0.29) is 11.9 Å². The van der Waals surface area contributed by atoms with Gasteiger partial charge in [0.25, 0.3) is 5.91 Å². The van der Waals surface area contributed by atoms with Crippen LogP contribution in [0.4, 0.5) is 0 Å². The van der Waals surface area contributed by atoms with Crippen LogP contribution in [0.3, 0.4) is 0 Å². The van der Waals surface area contributed by atoms with Crippen molar-refractivity contribution in [2.45, 2.75) is 25.8 Å². The van der Waals surface area contributed by atoms with Crippen molar-refractivity contribution in [1.82, 2.24) is 29.2 Å². The van der Waals surface area contributed by atoms with Gasteiger partial charge in [-0.05, 0) is 31.9 Å². The highest BCUT2D eigenvalue weighted by molar-refractivity contribution is 5.93. The molecule has 4 rings (SSSR count). The van der Waals surface area contributed by atoms with E-state index < -0.39 is 0 Å². The second kappa shape index (κ2) is 6.16. The fourth-order valence-electron chi connectivity index (χ4n) is 3.45. The summed E-state index contributed by atoms with van der Waals surface area (Å²) >= 11 is 0. The highest BCUT2D eigenvalue weighted by Crippen LogP contribution is 2.32. The van der Waals surface area contributed by atoms with Crippen LogP contribution >= 0.6 is 0 Å². The van der Waals surface area contributed by atoms with Crippen LogP contribution in [0.15, 0.2) is 43.1 Å². The third-order valence-electron chi connectivity index (χ3n) is 4.69. The maximum atomic E-state index is 13.1. The summed E-state index contributed by atoms with van der Waals surface area (Å²) in [5, 5.41) is 4.24. The predicted molar refractivity (Wildman–Crippen MR) is 92.3 cm³/mol. The van der Waals surface area contributed by atoms with Crippen LogP contribution in [0.2, 0.25) is 0 Å². The number of likely N-dealkylation sites (tertiary alicyclic amines) is 1. The Balaban J connectivity index is 1.63. The van der Waals surface area contributed by atoms with Gasteiger partial charge in [0.05, 0.1) is 17.9 Å². The van der Waals surface area contributed by atoms with Crippen molar-refractivity contribution in [2.75, 3.05) is 6.54 Å². The lowest BCUT2D eigenvalue weighted by molar-refractivity contribution is 0.0729. The number of aryl methyl sites for hydroxylation is 2. The summed E-state index contributed by atoms with van der Waals surface area (Å²) in [5.74, 6) is 0.838. The van der Waals surface area contributed by atoms with Gasteiger partial charge in [0.1, 0.15) is 11.5 Å². The molecule has 0 spiro atoms. The van der Waals surface area contributed by atoms with Crippen LogP contribution in [0.25, 0.3) is 5.69 Å². The molecular weight excluding hydrogens is 316 g/mol. The first kappa shape index (κ1) is 15.6. The maximum Gasteiger partial charge on any atom is 0.273 e. The molecule has 1 aliphatic heterocycles. The van der Waals surface area contributed by atoms with Gasteiger partial charge in [0.15, 0.2) is 0 Å². The van der Waals surface area contributed by atoms with Crippen LogP contribution < -0.4 is 0 Å². The first-order valence-corrected chi connectivity index (χ1v) is 8.39. The van der Waals surface area contributed by atoms with E-state index in [1.807, 2.05) is 54.2 Å². The van der Waals surface area contributed by atoms with Gasteiger partial charge in [-0.1, -0.05) is 0 Å². The van der Waals surface area contributed by atoms with Crippen LogP contribution in [0.5, 0.6) is 0 Å². The fourth-order valence-corrected chi connectivity index (χ4v) is 3.45. The lowest BCUT2D eigenvalue weighted by Crippen LogP contribution is -2.31. The second-order valence-electron chi connectivity index (χ2n) is 6.35. The number of hydrogen-bond donors (Lipinski definition) is 0. The molecule has 0 saturated carbocycles. The molecule has 1 fully saturated rings. The van der Waals surface area contributed by atoms with E-state index in [1.165, 1.54) is 0 Å². The minimum absolute atomic E-state index is 0.0361. The molecule has 0 N–H and O–H groups in total. The zero-order chi connectivity index (χ0) is 17.4. The molecule has 0 bridgehead atoms. The summed E-state index contributed by atoms with van der Waals surface area (Å²) in [5.41, 5.74) is 2.43. The summed E-state index contributed by atoms with van der Waals surface area (Å²) in [7, 11) is 1.89. The normalized spacial score (nSPS) is 17.2. The summed E-state index contributed by atoms with van der Waals surface area (Å²) in [4.78, 5) is 23.5. The zero-order valence-corrected chi connectivity index (χ0v) is 14.3. The van der Waals surface area contributed by atoms with E-state index in [9.17, 15) is 4.79 Å².